The topological polar surface area (TPSA) is 52.0 Å². The highest BCUT2D eigenvalue weighted by atomic mass is 14.8. The minimum absolute atomic E-state index is 0.434. The van der Waals surface area contributed by atoms with Gasteiger partial charge in [0, 0.05) is 6.04 Å². The average Bonchev–Trinajstić information content (AvgIpc) is 2.46. The van der Waals surface area contributed by atoms with Crippen molar-refractivity contribution in [3.63, 3.8) is 0 Å². The molecule has 0 aromatic heterocycles. The van der Waals surface area contributed by atoms with Crippen LogP contribution in [-0.2, 0) is 0 Å². The molecule has 0 aromatic rings. The summed E-state index contributed by atoms with van der Waals surface area (Å²) in [6.07, 6.45) is 4.12. The molecule has 2 rings (SSSR count). The van der Waals surface area contributed by atoms with Gasteiger partial charge in [0.15, 0.2) is 0 Å². The van der Waals surface area contributed by atoms with E-state index in [1.165, 1.54) is 19.3 Å². The Morgan fingerprint density at radius 1 is 1.20 bits per heavy atom. The van der Waals surface area contributed by atoms with E-state index in [2.05, 4.69) is 0 Å². The second-order valence-electron chi connectivity index (χ2n) is 3.81. The lowest BCUT2D eigenvalue weighted by Crippen LogP contribution is -2.39. The molecule has 0 heterocycles. The molecule has 2 saturated carbocycles. The van der Waals surface area contributed by atoms with Crippen molar-refractivity contribution in [3.05, 3.63) is 0 Å². The van der Waals surface area contributed by atoms with E-state index in [1.54, 1.807) is 0 Å². The summed E-state index contributed by atoms with van der Waals surface area (Å²) in [4.78, 5) is 0. The van der Waals surface area contributed by atoms with Gasteiger partial charge in [-0.1, -0.05) is 0 Å². The van der Waals surface area contributed by atoms with E-state index in [0.29, 0.717) is 12.0 Å². The Hall–Kier alpha value is -0.0800. The molecule has 0 aliphatic heterocycles. The van der Waals surface area contributed by atoms with Gasteiger partial charge in [0.05, 0.1) is 0 Å². The van der Waals surface area contributed by atoms with Gasteiger partial charge in [-0.15, -0.1) is 0 Å². The van der Waals surface area contributed by atoms with Crippen LogP contribution in [0, 0.1) is 17.8 Å². The van der Waals surface area contributed by atoms with Crippen LogP contribution in [0.1, 0.15) is 19.3 Å². The molecule has 2 aliphatic carbocycles. The molecule has 0 spiro atoms. The number of fused-ring (bicyclic) bond motifs is 2. The number of nitrogens with two attached hydrogens (primary N) is 2. The van der Waals surface area contributed by atoms with Crippen LogP contribution in [0.4, 0.5) is 0 Å². The zero-order valence-corrected chi connectivity index (χ0v) is 6.29. The molecule has 58 valence electrons. The zero-order valence-electron chi connectivity index (χ0n) is 6.29. The van der Waals surface area contributed by atoms with E-state index in [4.69, 9.17) is 11.5 Å². The van der Waals surface area contributed by atoms with Crippen molar-refractivity contribution in [1.82, 2.24) is 0 Å². The minimum Gasteiger partial charge on any atom is -0.330 e. The highest BCUT2D eigenvalue weighted by Crippen LogP contribution is 2.46. The first kappa shape index (κ1) is 6.62. The third-order valence-electron chi connectivity index (χ3n) is 3.43. The van der Waals surface area contributed by atoms with E-state index in [9.17, 15) is 0 Å². The highest BCUT2D eigenvalue weighted by Gasteiger charge is 2.44. The maximum atomic E-state index is 5.99. The van der Waals surface area contributed by atoms with Gasteiger partial charge >= 0.3 is 0 Å². The van der Waals surface area contributed by atoms with Crippen molar-refractivity contribution in [3.8, 4) is 0 Å². The van der Waals surface area contributed by atoms with Crippen LogP contribution in [0.15, 0.2) is 0 Å². The molecule has 2 heteroatoms. The SMILES string of the molecule is NC[C@H]1[C@@H]2CC[C@@H](C2)[C@H]1N. The van der Waals surface area contributed by atoms with Gasteiger partial charge in [0.1, 0.15) is 0 Å². The molecule has 2 aliphatic rings. The zero-order chi connectivity index (χ0) is 7.14. The maximum absolute atomic E-state index is 5.99. The van der Waals surface area contributed by atoms with Gasteiger partial charge in [-0.2, -0.15) is 0 Å². The molecular weight excluding hydrogens is 124 g/mol. The molecule has 0 aromatic carbocycles. The van der Waals surface area contributed by atoms with E-state index in [0.717, 1.165) is 18.4 Å². The second-order valence-corrected chi connectivity index (χ2v) is 3.81. The third-order valence-corrected chi connectivity index (χ3v) is 3.43. The van der Waals surface area contributed by atoms with Crippen molar-refractivity contribution < 1.29 is 0 Å². The molecule has 2 nitrogen and oxygen atoms in total. The first-order chi connectivity index (χ1) is 4.83. The summed E-state index contributed by atoms with van der Waals surface area (Å²) in [7, 11) is 0. The summed E-state index contributed by atoms with van der Waals surface area (Å²) in [5, 5.41) is 0. The van der Waals surface area contributed by atoms with Crippen LogP contribution in [-0.4, -0.2) is 12.6 Å². The molecule has 0 unspecified atom stereocenters. The Morgan fingerprint density at radius 3 is 2.30 bits per heavy atom. The van der Waals surface area contributed by atoms with E-state index in [1.807, 2.05) is 0 Å². The summed E-state index contributed by atoms with van der Waals surface area (Å²) < 4.78 is 0. The summed E-state index contributed by atoms with van der Waals surface area (Å²) >= 11 is 0. The average molecular weight is 140 g/mol. The van der Waals surface area contributed by atoms with Crippen LogP contribution in [0.2, 0.25) is 0 Å². The predicted molar refractivity (Wildman–Crippen MR) is 41.4 cm³/mol. The van der Waals surface area contributed by atoms with Gasteiger partial charge in [0.2, 0.25) is 0 Å². The lowest BCUT2D eigenvalue weighted by Gasteiger charge is -2.26. The van der Waals surface area contributed by atoms with Gasteiger partial charge in [-0.3, -0.25) is 0 Å². The van der Waals surface area contributed by atoms with E-state index < -0.39 is 0 Å². The van der Waals surface area contributed by atoms with E-state index in [-0.39, 0.29) is 0 Å². The molecule has 0 amide bonds. The lowest BCUT2D eigenvalue weighted by molar-refractivity contribution is 0.296. The van der Waals surface area contributed by atoms with Crippen molar-refractivity contribution >= 4 is 0 Å². The first-order valence-electron chi connectivity index (χ1n) is 4.28. The Morgan fingerprint density at radius 2 is 1.90 bits per heavy atom. The number of hydrogen-bond acceptors (Lipinski definition) is 2. The Kier molecular flexibility index (Phi) is 1.46. The fourth-order valence-corrected chi connectivity index (χ4v) is 2.80. The molecule has 4 N–H and O–H groups in total. The summed E-state index contributed by atoms with van der Waals surface area (Å²) in [5.41, 5.74) is 11.6. The summed E-state index contributed by atoms with van der Waals surface area (Å²) in [5.74, 6) is 2.35. The monoisotopic (exact) mass is 140 g/mol. The first-order valence-corrected chi connectivity index (χ1v) is 4.28. The number of hydrogen-bond donors (Lipinski definition) is 2. The van der Waals surface area contributed by atoms with Gasteiger partial charge in [0.25, 0.3) is 0 Å². The molecule has 4 atom stereocenters. The molecular formula is C8H16N2. The fourth-order valence-electron chi connectivity index (χ4n) is 2.80. The van der Waals surface area contributed by atoms with Crippen LogP contribution >= 0.6 is 0 Å². The Balaban J connectivity index is 2.10. The highest BCUT2D eigenvalue weighted by molar-refractivity contribution is 4.98. The normalized spacial score (nSPS) is 52.2. The van der Waals surface area contributed by atoms with Crippen molar-refractivity contribution in [2.75, 3.05) is 6.54 Å². The predicted octanol–water partition coefficient (Wildman–Crippen LogP) is 0.319. The standard InChI is InChI=1S/C8H16N2/c9-4-7-5-1-2-6(3-5)8(7)10/h5-8H,1-4,9-10H2/t5-,6+,7+,8-/m1/s1. The fraction of sp³-hybridized carbons (Fsp3) is 1.00. The van der Waals surface area contributed by atoms with Crippen LogP contribution in [0.25, 0.3) is 0 Å². The van der Waals surface area contributed by atoms with Crippen molar-refractivity contribution in [2.45, 2.75) is 25.3 Å². The molecule has 0 radical (unpaired) electrons. The summed E-state index contributed by atoms with van der Waals surface area (Å²) in [6.45, 7) is 0.808. The van der Waals surface area contributed by atoms with Gasteiger partial charge in [-0.25, -0.2) is 0 Å². The maximum Gasteiger partial charge on any atom is 0.0110 e. The molecule has 2 fully saturated rings. The summed E-state index contributed by atoms with van der Waals surface area (Å²) in [6, 6.07) is 0.434. The largest absolute Gasteiger partial charge is 0.330 e. The molecule has 10 heavy (non-hydrogen) atoms. The third kappa shape index (κ3) is 0.722. The van der Waals surface area contributed by atoms with E-state index >= 15 is 0 Å². The van der Waals surface area contributed by atoms with Crippen LogP contribution in [0.5, 0.6) is 0 Å². The Bertz CT molecular complexity index is 133. The lowest BCUT2D eigenvalue weighted by atomic mass is 9.85. The molecule has 2 bridgehead atoms. The smallest absolute Gasteiger partial charge is 0.0110 e. The number of rotatable bonds is 1. The second kappa shape index (κ2) is 2.21. The van der Waals surface area contributed by atoms with Crippen LogP contribution in [0.3, 0.4) is 0 Å². The van der Waals surface area contributed by atoms with Gasteiger partial charge < -0.3 is 11.5 Å². The Labute approximate surface area is 62.0 Å². The quantitative estimate of drug-likeness (QED) is 0.551. The van der Waals surface area contributed by atoms with Crippen molar-refractivity contribution in [1.29, 1.82) is 0 Å². The minimum atomic E-state index is 0.434. The van der Waals surface area contributed by atoms with Crippen LogP contribution < -0.4 is 11.5 Å². The molecule has 0 saturated heterocycles. The van der Waals surface area contributed by atoms with Gasteiger partial charge in [-0.05, 0) is 43.6 Å². The van der Waals surface area contributed by atoms with Crippen molar-refractivity contribution in [2.24, 2.45) is 29.2 Å².